The molecule has 0 aliphatic carbocycles. The first kappa shape index (κ1) is 12.1. The summed E-state index contributed by atoms with van der Waals surface area (Å²) in [5, 5.41) is 5.61. The summed E-state index contributed by atoms with van der Waals surface area (Å²) in [5.74, 6) is 0.346. The topological polar surface area (TPSA) is 61.4 Å². The molecule has 2 amide bonds. The van der Waals surface area contributed by atoms with Gasteiger partial charge in [0.25, 0.3) is 0 Å². The minimum Gasteiger partial charge on any atom is -0.305 e. The van der Waals surface area contributed by atoms with Crippen LogP contribution in [0.25, 0.3) is 0 Å². The monoisotopic (exact) mass is 251 g/mol. The van der Waals surface area contributed by atoms with Gasteiger partial charge in [-0.2, -0.15) is 0 Å². The second-order valence-electron chi connectivity index (χ2n) is 5.97. The molecule has 2 bridgehead atoms. The fraction of sp³-hybridized carbons (Fsp3) is 0.846. The van der Waals surface area contributed by atoms with Gasteiger partial charge in [-0.1, -0.05) is 0 Å². The van der Waals surface area contributed by atoms with Crippen LogP contribution in [0.2, 0.25) is 0 Å². The van der Waals surface area contributed by atoms with Crippen molar-refractivity contribution in [2.24, 2.45) is 5.92 Å². The Morgan fingerprint density at radius 3 is 2.50 bits per heavy atom. The van der Waals surface area contributed by atoms with Crippen LogP contribution in [0.4, 0.5) is 0 Å². The highest BCUT2D eigenvalue weighted by atomic mass is 16.2. The average Bonchev–Trinajstić information content (AvgIpc) is 2.74. The van der Waals surface area contributed by atoms with Crippen LogP contribution in [0.5, 0.6) is 0 Å². The molecule has 3 aliphatic heterocycles. The molecule has 3 saturated heterocycles. The van der Waals surface area contributed by atoms with Crippen molar-refractivity contribution in [1.82, 2.24) is 15.5 Å². The number of hydrogen-bond donors (Lipinski definition) is 2. The lowest BCUT2D eigenvalue weighted by molar-refractivity contribution is -0.125. The van der Waals surface area contributed by atoms with Crippen molar-refractivity contribution in [3.05, 3.63) is 0 Å². The van der Waals surface area contributed by atoms with Gasteiger partial charge in [-0.15, -0.1) is 0 Å². The smallest absolute Gasteiger partial charge is 0.244 e. The molecule has 0 aromatic carbocycles. The van der Waals surface area contributed by atoms with Crippen LogP contribution in [0, 0.1) is 5.92 Å². The van der Waals surface area contributed by atoms with E-state index in [1.165, 1.54) is 25.7 Å². The minimum atomic E-state index is -0.296. The number of nitrogens with zero attached hydrogens (tertiary/aromatic N) is 1. The summed E-state index contributed by atoms with van der Waals surface area (Å²) >= 11 is 0. The summed E-state index contributed by atoms with van der Waals surface area (Å²) in [6.07, 6.45) is 5.39. The number of carbonyl (C=O) groups is 2. The predicted molar refractivity (Wildman–Crippen MR) is 66.9 cm³/mol. The molecule has 0 aromatic rings. The van der Waals surface area contributed by atoms with Crippen LogP contribution in [0.1, 0.15) is 32.1 Å². The number of piperidine rings is 1. The number of imide groups is 1. The normalized spacial score (nSPS) is 40.3. The van der Waals surface area contributed by atoms with E-state index >= 15 is 0 Å². The van der Waals surface area contributed by atoms with Gasteiger partial charge in [0.1, 0.15) is 0 Å². The van der Waals surface area contributed by atoms with Gasteiger partial charge in [0.15, 0.2) is 0 Å². The second kappa shape index (κ2) is 4.63. The molecule has 0 spiro atoms. The van der Waals surface area contributed by atoms with E-state index in [2.05, 4.69) is 22.6 Å². The summed E-state index contributed by atoms with van der Waals surface area (Å²) in [6.45, 7) is 0.867. The van der Waals surface area contributed by atoms with E-state index in [0.29, 0.717) is 12.3 Å². The summed E-state index contributed by atoms with van der Waals surface area (Å²) in [5.41, 5.74) is 0. The molecule has 0 radical (unpaired) electrons. The zero-order valence-corrected chi connectivity index (χ0v) is 10.8. The standard InChI is InChI=1S/C13H21N3O2/c1-16-9-2-3-10(16)5-8(4-9)7-14-11-6-12(17)15-13(11)18/h8-11,14H,2-7H2,1H3,(H,15,17,18). The van der Waals surface area contributed by atoms with Gasteiger partial charge >= 0.3 is 0 Å². The average molecular weight is 251 g/mol. The Morgan fingerprint density at radius 1 is 1.28 bits per heavy atom. The van der Waals surface area contributed by atoms with Crippen molar-refractivity contribution >= 4 is 11.8 Å². The Balaban J connectivity index is 1.50. The van der Waals surface area contributed by atoms with Gasteiger partial charge in [0, 0.05) is 12.1 Å². The van der Waals surface area contributed by atoms with E-state index in [1.807, 2.05) is 0 Å². The predicted octanol–water partition coefficient (Wildman–Crippen LogP) is -0.136. The summed E-state index contributed by atoms with van der Waals surface area (Å²) in [7, 11) is 2.23. The zero-order chi connectivity index (χ0) is 12.7. The Labute approximate surface area is 107 Å². The third-order valence-electron chi connectivity index (χ3n) is 4.82. The van der Waals surface area contributed by atoms with Crippen molar-refractivity contribution in [1.29, 1.82) is 0 Å². The highest BCUT2D eigenvalue weighted by molar-refractivity contribution is 6.05. The first-order chi connectivity index (χ1) is 8.63. The molecule has 0 saturated carbocycles. The fourth-order valence-corrected chi connectivity index (χ4v) is 3.72. The quantitative estimate of drug-likeness (QED) is 0.686. The fourth-order valence-electron chi connectivity index (χ4n) is 3.72. The van der Waals surface area contributed by atoms with Gasteiger partial charge in [-0.3, -0.25) is 14.9 Å². The van der Waals surface area contributed by atoms with E-state index < -0.39 is 0 Å². The SMILES string of the molecule is CN1C2CCC1CC(CNC1CC(=O)NC1=O)C2. The highest BCUT2D eigenvalue weighted by Crippen LogP contribution is 2.37. The van der Waals surface area contributed by atoms with Crippen LogP contribution in [-0.4, -0.2) is 48.4 Å². The van der Waals surface area contributed by atoms with Crippen LogP contribution in [-0.2, 0) is 9.59 Å². The molecule has 100 valence electrons. The lowest BCUT2D eigenvalue weighted by Gasteiger charge is -2.36. The van der Waals surface area contributed by atoms with Gasteiger partial charge in [-0.25, -0.2) is 0 Å². The van der Waals surface area contributed by atoms with E-state index in [-0.39, 0.29) is 17.9 Å². The number of hydrogen-bond acceptors (Lipinski definition) is 4. The number of amides is 2. The third-order valence-corrected chi connectivity index (χ3v) is 4.82. The Bertz CT molecular complexity index is 357. The van der Waals surface area contributed by atoms with Crippen molar-refractivity contribution in [3.8, 4) is 0 Å². The lowest BCUT2D eigenvalue weighted by Crippen LogP contribution is -2.45. The Kier molecular flexibility index (Phi) is 3.11. The lowest BCUT2D eigenvalue weighted by atomic mass is 9.91. The number of carbonyl (C=O) groups excluding carboxylic acids is 2. The van der Waals surface area contributed by atoms with Gasteiger partial charge in [-0.05, 0) is 45.2 Å². The van der Waals surface area contributed by atoms with Crippen molar-refractivity contribution in [3.63, 3.8) is 0 Å². The van der Waals surface area contributed by atoms with E-state index in [4.69, 9.17) is 0 Å². The Morgan fingerprint density at radius 2 is 1.94 bits per heavy atom. The molecule has 5 nitrogen and oxygen atoms in total. The highest BCUT2D eigenvalue weighted by Gasteiger charge is 2.39. The van der Waals surface area contributed by atoms with E-state index in [9.17, 15) is 9.59 Å². The molecule has 3 unspecified atom stereocenters. The van der Waals surface area contributed by atoms with Crippen molar-refractivity contribution < 1.29 is 9.59 Å². The summed E-state index contributed by atoms with van der Waals surface area (Å²) in [6, 6.07) is 1.17. The molecule has 3 heterocycles. The van der Waals surface area contributed by atoms with Crippen molar-refractivity contribution in [2.45, 2.75) is 50.2 Å². The van der Waals surface area contributed by atoms with Gasteiger partial charge in [0.05, 0.1) is 12.5 Å². The maximum absolute atomic E-state index is 11.4. The van der Waals surface area contributed by atoms with Crippen LogP contribution >= 0.6 is 0 Å². The van der Waals surface area contributed by atoms with Crippen LogP contribution in [0.15, 0.2) is 0 Å². The van der Waals surface area contributed by atoms with Gasteiger partial charge in [0.2, 0.25) is 11.8 Å². The van der Waals surface area contributed by atoms with Gasteiger partial charge < -0.3 is 10.2 Å². The molecular formula is C13H21N3O2. The third kappa shape index (κ3) is 2.17. The summed E-state index contributed by atoms with van der Waals surface area (Å²) in [4.78, 5) is 25.1. The molecule has 5 heteroatoms. The second-order valence-corrected chi connectivity index (χ2v) is 5.97. The summed E-state index contributed by atoms with van der Waals surface area (Å²) < 4.78 is 0. The molecule has 18 heavy (non-hydrogen) atoms. The molecule has 3 aliphatic rings. The molecule has 3 atom stereocenters. The van der Waals surface area contributed by atoms with Crippen LogP contribution < -0.4 is 10.6 Å². The van der Waals surface area contributed by atoms with Crippen molar-refractivity contribution in [2.75, 3.05) is 13.6 Å². The molecular weight excluding hydrogens is 230 g/mol. The number of rotatable bonds is 3. The number of fused-ring (bicyclic) bond motifs is 2. The number of nitrogens with one attached hydrogen (secondary N) is 2. The minimum absolute atomic E-state index is 0.152. The maximum Gasteiger partial charge on any atom is 0.244 e. The zero-order valence-electron chi connectivity index (χ0n) is 10.8. The molecule has 2 N–H and O–H groups in total. The van der Waals surface area contributed by atoms with Crippen LogP contribution in [0.3, 0.4) is 0 Å². The molecule has 3 rings (SSSR count). The van der Waals surface area contributed by atoms with E-state index in [0.717, 1.165) is 18.6 Å². The first-order valence-electron chi connectivity index (χ1n) is 6.92. The molecule has 0 aromatic heterocycles. The van der Waals surface area contributed by atoms with E-state index in [1.54, 1.807) is 0 Å². The maximum atomic E-state index is 11.4. The first-order valence-corrected chi connectivity index (χ1v) is 6.92. The largest absolute Gasteiger partial charge is 0.305 e. The molecule has 3 fully saturated rings. The Hall–Kier alpha value is -0.940.